The lowest BCUT2D eigenvalue weighted by atomic mass is 10.1. The van der Waals surface area contributed by atoms with Crippen LogP contribution in [0.3, 0.4) is 0 Å². The molecule has 186 valence electrons. The third-order valence-electron chi connectivity index (χ3n) is 5.94. The van der Waals surface area contributed by atoms with Gasteiger partial charge in [0.1, 0.15) is 12.6 Å². The predicted molar refractivity (Wildman–Crippen MR) is 137 cm³/mol. The first-order valence-corrected chi connectivity index (χ1v) is 13.6. The molecule has 34 heavy (non-hydrogen) atoms. The summed E-state index contributed by atoms with van der Waals surface area (Å²) in [4.78, 5) is 28.0. The van der Waals surface area contributed by atoms with E-state index in [0.717, 1.165) is 33.7 Å². The second-order valence-electron chi connectivity index (χ2n) is 8.53. The molecule has 0 unspecified atom stereocenters. The van der Waals surface area contributed by atoms with Crippen LogP contribution in [0, 0.1) is 13.8 Å². The maximum atomic E-state index is 13.6. The second kappa shape index (κ2) is 12.6. The molecular weight excluding hydrogens is 450 g/mol. The van der Waals surface area contributed by atoms with Gasteiger partial charge in [0.15, 0.2) is 0 Å². The number of amides is 2. The highest BCUT2D eigenvalue weighted by atomic mass is 32.2. The summed E-state index contributed by atoms with van der Waals surface area (Å²) in [6, 6.07) is 14.4. The van der Waals surface area contributed by atoms with Crippen molar-refractivity contribution in [2.45, 2.75) is 53.0 Å². The topological polar surface area (TPSA) is 86.8 Å². The quantitative estimate of drug-likeness (QED) is 0.497. The minimum Gasteiger partial charge on any atom is -0.354 e. The molecule has 7 nitrogen and oxygen atoms in total. The smallest absolute Gasteiger partial charge is 0.244 e. The van der Waals surface area contributed by atoms with Gasteiger partial charge in [0, 0.05) is 13.1 Å². The Hall–Kier alpha value is -2.87. The Kier molecular flexibility index (Phi) is 10.1. The van der Waals surface area contributed by atoms with Crippen molar-refractivity contribution in [3.05, 3.63) is 65.2 Å². The van der Waals surface area contributed by atoms with Crippen LogP contribution < -0.4 is 9.62 Å². The molecular formula is C26H37N3O4S. The Morgan fingerprint density at radius 3 is 2.26 bits per heavy atom. The maximum Gasteiger partial charge on any atom is 0.244 e. The molecule has 2 rings (SSSR count). The summed E-state index contributed by atoms with van der Waals surface area (Å²) in [7, 11) is -3.73. The predicted octanol–water partition coefficient (Wildman–Crippen LogP) is 3.45. The molecule has 0 heterocycles. The maximum absolute atomic E-state index is 13.6. The van der Waals surface area contributed by atoms with E-state index in [1.165, 1.54) is 4.90 Å². The van der Waals surface area contributed by atoms with Gasteiger partial charge >= 0.3 is 0 Å². The van der Waals surface area contributed by atoms with Gasteiger partial charge in [0.05, 0.1) is 11.9 Å². The van der Waals surface area contributed by atoms with Crippen molar-refractivity contribution in [1.82, 2.24) is 10.2 Å². The molecule has 1 atom stereocenters. The van der Waals surface area contributed by atoms with Gasteiger partial charge in [0.2, 0.25) is 21.8 Å². The summed E-state index contributed by atoms with van der Waals surface area (Å²) < 4.78 is 26.6. The van der Waals surface area contributed by atoms with Crippen LogP contribution in [-0.4, -0.2) is 57.1 Å². The molecule has 0 aromatic heterocycles. The van der Waals surface area contributed by atoms with Crippen LogP contribution in [0.15, 0.2) is 48.5 Å². The first kappa shape index (κ1) is 27.4. The fourth-order valence-corrected chi connectivity index (χ4v) is 4.76. The number of sulfonamides is 1. The Bertz CT molecular complexity index is 1070. The molecule has 0 aliphatic heterocycles. The van der Waals surface area contributed by atoms with E-state index in [-0.39, 0.29) is 12.5 Å². The highest BCUT2D eigenvalue weighted by molar-refractivity contribution is 7.92. The van der Waals surface area contributed by atoms with Gasteiger partial charge < -0.3 is 10.2 Å². The molecule has 0 fully saturated rings. The lowest BCUT2D eigenvalue weighted by Gasteiger charge is -2.33. The van der Waals surface area contributed by atoms with Crippen molar-refractivity contribution in [3.63, 3.8) is 0 Å². The first-order valence-electron chi connectivity index (χ1n) is 11.7. The van der Waals surface area contributed by atoms with E-state index in [0.29, 0.717) is 31.6 Å². The molecule has 2 aromatic rings. The van der Waals surface area contributed by atoms with E-state index in [1.54, 1.807) is 12.1 Å². The Morgan fingerprint density at radius 1 is 1.00 bits per heavy atom. The van der Waals surface area contributed by atoms with Crippen molar-refractivity contribution >= 4 is 27.5 Å². The van der Waals surface area contributed by atoms with Gasteiger partial charge in [-0.2, -0.15) is 0 Å². The molecule has 8 heteroatoms. The summed E-state index contributed by atoms with van der Waals surface area (Å²) in [5.74, 6) is -0.621. The van der Waals surface area contributed by atoms with Crippen LogP contribution in [0.1, 0.15) is 43.4 Å². The normalized spacial score (nSPS) is 12.1. The average Bonchev–Trinajstić information content (AvgIpc) is 2.80. The summed E-state index contributed by atoms with van der Waals surface area (Å²) in [5.41, 5.74) is 3.25. The highest BCUT2D eigenvalue weighted by Gasteiger charge is 2.31. The highest BCUT2D eigenvalue weighted by Crippen LogP contribution is 2.25. The second-order valence-corrected chi connectivity index (χ2v) is 10.4. The SMILES string of the molecule is CCCNC(=O)[C@H](CC)N(CCc1ccccc1)C(=O)CN(c1cccc(C)c1C)S(C)(=O)=O. The van der Waals surface area contributed by atoms with Crippen LogP contribution in [0.4, 0.5) is 5.69 Å². The summed E-state index contributed by atoms with van der Waals surface area (Å²) in [6.07, 6.45) is 2.88. The van der Waals surface area contributed by atoms with Gasteiger partial charge in [-0.3, -0.25) is 13.9 Å². The van der Waals surface area contributed by atoms with Gasteiger partial charge in [-0.15, -0.1) is 0 Å². The van der Waals surface area contributed by atoms with Crippen LogP contribution in [0.2, 0.25) is 0 Å². The van der Waals surface area contributed by atoms with Crippen molar-refractivity contribution in [3.8, 4) is 0 Å². The number of nitrogens with one attached hydrogen (secondary N) is 1. The molecule has 0 aliphatic carbocycles. The molecule has 2 aromatic carbocycles. The Morgan fingerprint density at radius 2 is 1.68 bits per heavy atom. The number of hydrogen-bond acceptors (Lipinski definition) is 4. The number of rotatable bonds is 12. The van der Waals surface area contributed by atoms with Crippen molar-refractivity contribution in [2.75, 3.05) is 30.2 Å². The lowest BCUT2D eigenvalue weighted by Crippen LogP contribution is -2.53. The summed E-state index contributed by atoms with van der Waals surface area (Å²) in [6.45, 7) is 8.03. The van der Waals surface area contributed by atoms with Crippen molar-refractivity contribution < 1.29 is 18.0 Å². The molecule has 0 bridgehead atoms. The Labute approximate surface area is 204 Å². The number of anilines is 1. The van der Waals surface area contributed by atoms with E-state index in [4.69, 9.17) is 0 Å². The molecule has 2 amide bonds. The average molecular weight is 488 g/mol. The van der Waals surface area contributed by atoms with Gasteiger partial charge in [0.25, 0.3) is 0 Å². The van der Waals surface area contributed by atoms with Crippen molar-refractivity contribution in [2.24, 2.45) is 0 Å². The molecule has 0 radical (unpaired) electrons. The van der Waals surface area contributed by atoms with Crippen LogP contribution in [0.25, 0.3) is 0 Å². The van der Waals surface area contributed by atoms with Gasteiger partial charge in [-0.05, 0) is 55.9 Å². The zero-order valence-corrected chi connectivity index (χ0v) is 21.7. The number of nitrogens with zero attached hydrogens (tertiary/aromatic N) is 2. The number of hydrogen-bond donors (Lipinski definition) is 1. The third kappa shape index (κ3) is 7.32. The van der Waals surface area contributed by atoms with Crippen LogP contribution >= 0.6 is 0 Å². The molecule has 0 saturated carbocycles. The van der Waals surface area contributed by atoms with E-state index < -0.39 is 22.0 Å². The van der Waals surface area contributed by atoms with E-state index in [9.17, 15) is 18.0 Å². The summed E-state index contributed by atoms with van der Waals surface area (Å²) in [5, 5.41) is 2.88. The van der Waals surface area contributed by atoms with E-state index >= 15 is 0 Å². The third-order valence-corrected chi connectivity index (χ3v) is 7.07. The molecule has 0 spiro atoms. The minimum atomic E-state index is -3.73. The fraction of sp³-hybridized carbons (Fsp3) is 0.462. The number of carbonyl (C=O) groups excluding carboxylic acids is 2. The zero-order chi connectivity index (χ0) is 25.3. The number of carbonyl (C=O) groups is 2. The van der Waals surface area contributed by atoms with Crippen LogP contribution in [0.5, 0.6) is 0 Å². The number of benzene rings is 2. The zero-order valence-electron chi connectivity index (χ0n) is 20.9. The fourth-order valence-electron chi connectivity index (χ4n) is 3.86. The largest absolute Gasteiger partial charge is 0.354 e. The van der Waals surface area contributed by atoms with Gasteiger partial charge in [-0.25, -0.2) is 8.42 Å². The van der Waals surface area contributed by atoms with Crippen molar-refractivity contribution in [1.29, 1.82) is 0 Å². The molecule has 1 N–H and O–H groups in total. The summed E-state index contributed by atoms with van der Waals surface area (Å²) >= 11 is 0. The molecule has 0 saturated heterocycles. The van der Waals surface area contributed by atoms with Crippen LogP contribution in [-0.2, 0) is 26.0 Å². The van der Waals surface area contributed by atoms with E-state index in [1.807, 2.05) is 64.1 Å². The lowest BCUT2D eigenvalue weighted by molar-refractivity contribution is -0.139. The first-order chi connectivity index (χ1) is 16.1. The Balaban J connectivity index is 2.38. The molecule has 0 aliphatic rings. The monoisotopic (exact) mass is 487 g/mol. The van der Waals surface area contributed by atoms with Gasteiger partial charge in [-0.1, -0.05) is 56.3 Å². The van der Waals surface area contributed by atoms with E-state index in [2.05, 4.69) is 5.32 Å². The standard InChI is InChI=1S/C26H37N3O4S/c1-6-17-27-26(31)23(7-2)28(18-16-22-13-9-8-10-14-22)25(30)19-29(34(5,32)33)24-15-11-12-20(3)21(24)4/h8-15,23H,6-7,16-19H2,1-5H3,(H,27,31)/t23-/m0/s1. The number of aryl methyl sites for hydroxylation is 1. The minimum absolute atomic E-state index is 0.219.